The van der Waals surface area contributed by atoms with E-state index in [-0.39, 0.29) is 0 Å². The van der Waals surface area contributed by atoms with Crippen molar-refractivity contribution in [3.05, 3.63) is 144 Å². The van der Waals surface area contributed by atoms with E-state index < -0.39 is 0 Å². The molecule has 0 amide bonds. The molecule has 0 aliphatic rings. The summed E-state index contributed by atoms with van der Waals surface area (Å²) in [6.07, 6.45) is 3.77. The Morgan fingerprint density at radius 1 is 0.475 bits per heavy atom. The van der Waals surface area contributed by atoms with Crippen LogP contribution in [0.2, 0.25) is 0 Å². The first kappa shape index (κ1) is 25.3. The van der Waals surface area contributed by atoms with E-state index in [4.69, 9.17) is 9.72 Å². The number of hydrogen-bond acceptors (Lipinski definition) is 3. The van der Waals surface area contributed by atoms with Gasteiger partial charge in [0.15, 0.2) is 0 Å². The minimum Gasteiger partial charge on any atom is -0.457 e. The largest absolute Gasteiger partial charge is 0.457 e. The Morgan fingerprint density at radius 2 is 1.10 bits per heavy atom. The molecule has 0 saturated carbocycles. The predicted octanol–water partition coefficient (Wildman–Crippen LogP) is 9.86. The molecule has 0 unspecified atom stereocenters. The molecule has 3 heteroatoms. The number of ether oxygens (including phenoxy) is 1. The fourth-order valence-electron chi connectivity index (χ4n) is 5.25. The molecule has 3 nitrogen and oxygen atoms in total. The van der Waals surface area contributed by atoms with Gasteiger partial charge in [-0.25, -0.2) is 0 Å². The summed E-state index contributed by atoms with van der Waals surface area (Å²) in [4.78, 5) is 9.27. The molecule has 6 rings (SSSR count). The van der Waals surface area contributed by atoms with Crippen molar-refractivity contribution in [3.63, 3.8) is 0 Å². The average molecular weight is 519 g/mol. The molecule has 194 valence electrons. The second-order valence-corrected chi connectivity index (χ2v) is 10.1. The first-order chi connectivity index (χ1) is 19.6. The van der Waals surface area contributed by atoms with E-state index in [2.05, 4.69) is 80.4 Å². The van der Waals surface area contributed by atoms with Gasteiger partial charge in [-0.1, -0.05) is 72.8 Å². The van der Waals surface area contributed by atoms with Crippen LogP contribution in [-0.4, -0.2) is 9.97 Å². The molecule has 0 aliphatic heterocycles. The van der Waals surface area contributed by atoms with Crippen LogP contribution in [0, 0.1) is 20.8 Å². The minimum absolute atomic E-state index is 0.760. The topological polar surface area (TPSA) is 35.0 Å². The molecule has 6 aromatic rings. The molecule has 0 fully saturated rings. The monoisotopic (exact) mass is 518 g/mol. The maximum Gasteiger partial charge on any atom is 0.128 e. The molecule has 0 aliphatic carbocycles. The van der Waals surface area contributed by atoms with Gasteiger partial charge in [-0.15, -0.1) is 0 Å². The van der Waals surface area contributed by atoms with E-state index in [1.54, 1.807) is 6.20 Å². The normalized spacial score (nSPS) is 10.9. The summed E-state index contributed by atoms with van der Waals surface area (Å²) in [7, 11) is 0. The molecule has 0 spiro atoms. The summed E-state index contributed by atoms with van der Waals surface area (Å²) in [6.45, 7) is 6.49. The quantitative estimate of drug-likeness (QED) is 0.220. The molecular formula is C37H30N2O. The smallest absolute Gasteiger partial charge is 0.128 e. The van der Waals surface area contributed by atoms with Crippen molar-refractivity contribution in [1.82, 2.24) is 9.97 Å². The third-order valence-corrected chi connectivity index (χ3v) is 7.23. The zero-order chi connectivity index (χ0) is 27.5. The Bertz CT molecular complexity index is 1790. The lowest BCUT2D eigenvalue weighted by molar-refractivity contribution is 0.483. The van der Waals surface area contributed by atoms with Crippen LogP contribution in [0.3, 0.4) is 0 Å². The standard InChI is InChI=1S/C37H30N2O/c1-25-11-8-12-26(2)37(25)33-18-5-4-17-32(33)34-23-36(39-24-27(34)3)29-14-10-16-31(22-29)40-30-15-9-13-28(21-30)35-19-6-7-20-38-35/h4-24H,1-3H3. The molecule has 0 N–H and O–H groups in total. The summed E-state index contributed by atoms with van der Waals surface area (Å²) in [5.74, 6) is 1.52. The lowest BCUT2D eigenvalue weighted by Crippen LogP contribution is -1.95. The van der Waals surface area contributed by atoms with Gasteiger partial charge in [-0.3, -0.25) is 9.97 Å². The Kier molecular flexibility index (Phi) is 6.95. The van der Waals surface area contributed by atoms with Gasteiger partial charge in [0, 0.05) is 23.5 Å². The highest BCUT2D eigenvalue weighted by Crippen LogP contribution is 2.38. The zero-order valence-electron chi connectivity index (χ0n) is 22.9. The summed E-state index contributed by atoms with van der Waals surface area (Å²) >= 11 is 0. The second-order valence-electron chi connectivity index (χ2n) is 10.1. The fraction of sp³-hybridized carbons (Fsp3) is 0.0811. The van der Waals surface area contributed by atoms with Gasteiger partial charge in [0.2, 0.25) is 0 Å². The Morgan fingerprint density at radius 3 is 1.77 bits per heavy atom. The number of rotatable bonds is 6. The number of pyridine rings is 2. The number of aryl methyl sites for hydroxylation is 3. The van der Waals surface area contributed by atoms with Gasteiger partial charge >= 0.3 is 0 Å². The number of nitrogens with zero attached hydrogens (tertiary/aromatic N) is 2. The molecule has 0 radical (unpaired) electrons. The Labute approximate surface area is 235 Å². The van der Waals surface area contributed by atoms with Crippen LogP contribution in [0.25, 0.3) is 44.8 Å². The van der Waals surface area contributed by atoms with E-state index >= 15 is 0 Å². The molecule has 40 heavy (non-hydrogen) atoms. The molecule has 0 bridgehead atoms. The molecule has 0 atom stereocenters. The van der Waals surface area contributed by atoms with Gasteiger partial charge in [0.25, 0.3) is 0 Å². The van der Waals surface area contributed by atoms with Crippen LogP contribution in [0.4, 0.5) is 0 Å². The van der Waals surface area contributed by atoms with Crippen LogP contribution < -0.4 is 4.74 Å². The van der Waals surface area contributed by atoms with Crippen molar-refractivity contribution in [3.8, 4) is 56.3 Å². The van der Waals surface area contributed by atoms with Crippen LogP contribution in [0.5, 0.6) is 11.5 Å². The fourth-order valence-corrected chi connectivity index (χ4v) is 5.25. The average Bonchev–Trinajstić information content (AvgIpc) is 2.98. The van der Waals surface area contributed by atoms with E-state index in [1.165, 1.54) is 33.4 Å². The lowest BCUT2D eigenvalue weighted by atomic mass is 9.88. The highest BCUT2D eigenvalue weighted by atomic mass is 16.5. The maximum absolute atomic E-state index is 6.29. The van der Waals surface area contributed by atoms with Gasteiger partial charge in [-0.05, 0) is 102 Å². The summed E-state index contributed by atoms with van der Waals surface area (Å²) in [5, 5.41) is 0. The predicted molar refractivity (Wildman–Crippen MR) is 165 cm³/mol. The Balaban J connectivity index is 1.35. The molecule has 2 aromatic heterocycles. The highest BCUT2D eigenvalue weighted by Gasteiger charge is 2.15. The molecule has 0 saturated heterocycles. The lowest BCUT2D eigenvalue weighted by Gasteiger charge is -2.17. The molecule has 4 aromatic carbocycles. The van der Waals surface area contributed by atoms with Crippen molar-refractivity contribution in [2.75, 3.05) is 0 Å². The summed E-state index contributed by atoms with van der Waals surface area (Å²) in [5.41, 5.74) is 12.4. The third kappa shape index (κ3) is 5.14. The van der Waals surface area contributed by atoms with Gasteiger partial charge in [-0.2, -0.15) is 0 Å². The summed E-state index contributed by atoms with van der Waals surface area (Å²) < 4.78 is 6.29. The van der Waals surface area contributed by atoms with Crippen molar-refractivity contribution >= 4 is 0 Å². The molecule has 2 heterocycles. The van der Waals surface area contributed by atoms with Crippen molar-refractivity contribution in [2.45, 2.75) is 20.8 Å². The number of aromatic nitrogens is 2. The van der Waals surface area contributed by atoms with Crippen LogP contribution in [0.15, 0.2) is 128 Å². The zero-order valence-corrected chi connectivity index (χ0v) is 22.9. The molecular weight excluding hydrogens is 488 g/mol. The van der Waals surface area contributed by atoms with Crippen molar-refractivity contribution < 1.29 is 4.74 Å². The second kappa shape index (κ2) is 11.0. The van der Waals surface area contributed by atoms with Crippen LogP contribution in [-0.2, 0) is 0 Å². The van der Waals surface area contributed by atoms with Crippen LogP contribution >= 0.6 is 0 Å². The maximum atomic E-state index is 6.29. The number of hydrogen-bond donors (Lipinski definition) is 0. The SMILES string of the molecule is Cc1cnc(-c2cccc(Oc3cccc(-c4ccccn4)c3)c2)cc1-c1ccccc1-c1c(C)cccc1C. The van der Waals surface area contributed by atoms with Gasteiger partial charge in [0.05, 0.1) is 11.4 Å². The van der Waals surface area contributed by atoms with E-state index in [0.717, 1.165) is 39.6 Å². The van der Waals surface area contributed by atoms with Crippen molar-refractivity contribution in [1.29, 1.82) is 0 Å². The van der Waals surface area contributed by atoms with Gasteiger partial charge in [0.1, 0.15) is 11.5 Å². The van der Waals surface area contributed by atoms with E-state index in [0.29, 0.717) is 0 Å². The first-order valence-electron chi connectivity index (χ1n) is 13.5. The van der Waals surface area contributed by atoms with Crippen LogP contribution in [0.1, 0.15) is 16.7 Å². The third-order valence-electron chi connectivity index (χ3n) is 7.23. The minimum atomic E-state index is 0.760. The number of benzene rings is 4. The Hall–Kier alpha value is -5.02. The highest BCUT2D eigenvalue weighted by molar-refractivity contribution is 5.88. The van der Waals surface area contributed by atoms with Crippen molar-refractivity contribution in [2.24, 2.45) is 0 Å². The van der Waals surface area contributed by atoms with E-state index in [9.17, 15) is 0 Å². The first-order valence-corrected chi connectivity index (χ1v) is 13.5. The van der Waals surface area contributed by atoms with E-state index in [1.807, 2.05) is 66.9 Å². The van der Waals surface area contributed by atoms with Gasteiger partial charge < -0.3 is 4.74 Å². The summed E-state index contributed by atoms with van der Waals surface area (Å²) in [6, 6.07) is 39.4.